The van der Waals surface area contributed by atoms with Gasteiger partial charge < -0.3 is 11.1 Å². The van der Waals surface area contributed by atoms with Crippen molar-refractivity contribution < 1.29 is 0 Å². The zero-order valence-corrected chi connectivity index (χ0v) is 14.5. The summed E-state index contributed by atoms with van der Waals surface area (Å²) < 4.78 is 0. The van der Waals surface area contributed by atoms with Gasteiger partial charge in [-0.3, -0.25) is 4.99 Å². The molecule has 0 atom stereocenters. The summed E-state index contributed by atoms with van der Waals surface area (Å²) in [4.78, 5) is 8.59. The SMILES string of the molecule is C=N/C(NC1(C)CC1)=C(\C)C(C(=C)N=CC(C)=CN)=C(C)C. The highest BCUT2D eigenvalue weighted by atomic mass is 15.1. The van der Waals surface area contributed by atoms with Crippen molar-refractivity contribution in [3.8, 4) is 0 Å². The molecule has 1 fully saturated rings. The van der Waals surface area contributed by atoms with Gasteiger partial charge in [-0.2, -0.15) is 0 Å². The third kappa shape index (κ3) is 4.72. The molecule has 0 aromatic heterocycles. The molecule has 0 heterocycles. The average Bonchev–Trinajstić information content (AvgIpc) is 3.19. The van der Waals surface area contributed by atoms with Crippen LogP contribution in [0.2, 0.25) is 0 Å². The molecule has 4 heteroatoms. The third-order valence-corrected chi connectivity index (χ3v) is 3.78. The van der Waals surface area contributed by atoms with Crippen LogP contribution < -0.4 is 11.1 Å². The van der Waals surface area contributed by atoms with Gasteiger partial charge in [0.15, 0.2) is 0 Å². The zero-order chi connectivity index (χ0) is 16.9. The Bertz CT molecular complexity index is 580. The molecule has 0 aromatic carbocycles. The fourth-order valence-corrected chi connectivity index (χ4v) is 2.14. The second kappa shape index (κ2) is 7.25. The van der Waals surface area contributed by atoms with Gasteiger partial charge in [-0.05, 0) is 66.0 Å². The van der Waals surface area contributed by atoms with E-state index >= 15 is 0 Å². The Balaban J connectivity index is 3.14. The Hall–Kier alpha value is -2.10. The molecule has 0 bridgehead atoms. The standard InChI is InChI=1S/C18H28N4/c1-12(2)16(15(5)21-11-13(3)10-19)14(4)17(20-7)22-18(6)8-9-18/h10-11,22H,5,7-9,19H2,1-4,6H3/b13-10?,17-14-,21-11?. The summed E-state index contributed by atoms with van der Waals surface area (Å²) in [5, 5.41) is 3.47. The van der Waals surface area contributed by atoms with Crippen LogP contribution >= 0.6 is 0 Å². The maximum absolute atomic E-state index is 5.46. The smallest absolute Gasteiger partial charge is 0.129 e. The van der Waals surface area contributed by atoms with E-state index < -0.39 is 0 Å². The maximum Gasteiger partial charge on any atom is 0.129 e. The number of aliphatic imine (C=N–C) groups is 2. The Kier molecular flexibility index (Phi) is 5.92. The molecule has 1 aliphatic rings. The monoisotopic (exact) mass is 300 g/mol. The summed E-state index contributed by atoms with van der Waals surface area (Å²) >= 11 is 0. The van der Waals surface area contributed by atoms with Crippen LogP contribution in [-0.2, 0) is 0 Å². The van der Waals surface area contributed by atoms with Crippen LogP contribution in [0.4, 0.5) is 0 Å². The van der Waals surface area contributed by atoms with E-state index in [0.717, 1.165) is 41.0 Å². The van der Waals surface area contributed by atoms with Crippen molar-refractivity contribution in [3.63, 3.8) is 0 Å². The van der Waals surface area contributed by atoms with Crippen molar-refractivity contribution in [2.75, 3.05) is 0 Å². The van der Waals surface area contributed by atoms with Crippen molar-refractivity contribution in [2.24, 2.45) is 15.7 Å². The molecule has 3 N–H and O–H groups in total. The summed E-state index contributed by atoms with van der Waals surface area (Å²) in [6, 6.07) is 0. The van der Waals surface area contributed by atoms with Gasteiger partial charge in [-0.25, -0.2) is 4.99 Å². The van der Waals surface area contributed by atoms with Gasteiger partial charge in [0, 0.05) is 22.9 Å². The van der Waals surface area contributed by atoms with Crippen LogP contribution in [0.3, 0.4) is 0 Å². The second-order valence-corrected chi connectivity index (χ2v) is 6.31. The average molecular weight is 300 g/mol. The van der Waals surface area contributed by atoms with Crippen LogP contribution in [-0.4, -0.2) is 18.5 Å². The van der Waals surface area contributed by atoms with Gasteiger partial charge in [0.05, 0.1) is 5.70 Å². The maximum atomic E-state index is 5.46. The fraction of sp³-hybridized carbons (Fsp3) is 0.444. The molecule has 1 aliphatic carbocycles. The van der Waals surface area contributed by atoms with Crippen LogP contribution in [0.15, 0.2) is 56.6 Å². The Morgan fingerprint density at radius 3 is 2.23 bits per heavy atom. The van der Waals surface area contributed by atoms with Crippen molar-refractivity contribution in [1.82, 2.24) is 5.32 Å². The van der Waals surface area contributed by atoms with E-state index in [-0.39, 0.29) is 5.54 Å². The number of nitrogens with two attached hydrogens (primary N) is 1. The lowest BCUT2D eigenvalue weighted by Gasteiger charge is -2.18. The molecule has 0 aromatic rings. The molecule has 0 saturated heterocycles. The number of allylic oxidation sites excluding steroid dienone is 3. The number of nitrogens with one attached hydrogen (secondary N) is 1. The van der Waals surface area contributed by atoms with Crippen LogP contribution in [0.1, 0.15) is 47.5 Å². The van der Waals surface area contributed by atoms with Crippen molar-refractivity contribution in [2.45, 2.75) is 53.0 Å². The summed E-state index contributed by atoms with van der Waals surface area (Å²) in [6.45, 7) is 18.0. The van der Waals surface area contributed by atoms with Gasteiger partial charge in [-0.15, -0.1) is 0 Å². The first kappa shape index (κ1) is 18.0. The van der Waals surface area contributed by atoms with E-state index in [1.165, 1.54) is 6.20 Å². The molecule has 0 radical (unpaired) electrons. The first-order chi connectivity index (χ1) is 10.2. The topological polar surface area (TPSA) is 62.8 Å². The van der Waals surface area contributed by atoms with Gasteiger partial charge in [-0.1, -0.05) is 12.2 Å². The van der Waals surface area contributed by atoms with Crippen LogP contribution in [0.5, 0.6) is 0 Å². The van der Waals surface area contributed by atoms with E-state index in [2.05, 4.69) is 35.5 Å². The first-order valence-electron chi connectivity index (χ1n) is 7.49. The molecule has 22 heavy (non-hydrogen) atoms. The largest absolute Gasteiger partial charge is 0.404 e. The summed E-state index contributed by atoms with van der Waals surface area (Å²) in [5.41, 5.74) is 10.3. The molecule has 0 unspecified atom stereocenters. The van der Waals surface area contributed by atoms with Crippen molar-refractivity contribution >= 4 is 12.9 Å². The molecule has 4 nitrogen and oxygen atoms in total. The Morgan fingerprint density at radius 1 is 1.23 bits per heavy atom. The second-order valence-electron chi connectivity index (χ2n) is 6.31. The summed E-state index contributed by atoms with van der Waals surface area (Å²) in [6.07, 6.45) is 5.55. The lowest BCUT2D eigenvalue weighted by atomic mass is 10.00. The molecule has 1 saturated carbocycles. The number of hydrogen-bond acceptors (Lipinski definition) is 4. The Labute approximate surface area is 134 Å². The predicted molar refractivity (Wildman–Crippen MR) is 97.0 cm³/mol. The van der Waals surface area contributed by atoms with Gasteiger partial charge in [0.25, 0.3) is 0 Å². The van der Waals surface area contributed by atoms with E-state index in [9.17, 15) is 0 Å². The highest BCUT2D eigenvalue weighted by Crippen LogP contribution is 2.36. The molecule has 0 aliphatic heterocycles. The van der Waals surface area contributed by atoms with E-state index in [4.69, 9.17) is 5.73 Å². The summed E-state index contributed by atoms with van der Waals surface area (Å²) in [5.74, 6) is 0.804. The van der Waals surface area contributed by atoms with Gasteiger partial charge in [0.2, 0.25) is 0 Å². The molecule has 120 valence electrons. The minimum absolute atomic E-state index is 0.147. The molecular weight excluding hydrogens is 272 g/mol. The Morgan fingerprint density at radius 2 is 1.82 bits per heavy atom. The predicted octanol–water partition coefficient (Wildman–Crippen LogP) is 3.84. The quantitative estimate of drug-likeness (QED) is 0.554. The van der Waals surface area contributed by atoms with Gasteiger partial charge >= 0.3 is 0 Å². The molecule has 1 rings (SSSR count). The van der Waals surface area contributed by atoms with Gasteiger partial charge in [0.1, 0.15) is 5.82 Å². The number of nitrogens with zero attached hydrogens (tertiary/aromatic N) is 2. The number of hydrogen-bond donors (Lipinski definition) is 2. The highest BCUT2D eigenvalue weighted by molar-refractivity contribution is 5.79. The summed E-state index contributed by atoms with van der Waals surface area (Å²) in [7, 11) is 0. The van der Waals surface area contributed by atoms with Crippen LogP contribution in [0, 0.1) is 0 Å². The highest BCUT2D eigenvalue weighted by Gasteiger charge is 2.38. The van der Waals surface area contributed by atoms with Crippen molar-refractivity contribution in [3.05, 3.63) is 46.6 Å². The molecule has 0 spiro atoms. The molecular formula is C18H28N4. The van der Waals surface area contributed by atoms with Crippen LogP contribution in [0.25, 0.3) is 0 Å². The third-order valence-electron chi connectivity index (χ3n) is 3.78. The molecule has 0 amide bonds. The lowest BCUT2D eigenvalue weighted by molar-refractivity contribution is 0.601. The fourth-order valence-electron chi connectivity index (χ4n) is 2.14. The lowest BCUT2D eigenvalue weighted by Crippen LogP contribution is -2.27. The minimum atomic E-state index is 0.147. The van der Waals surface area contributed by atoms with E-state index in [1.54, 1.807) is 6.21 Å². The van der Waals surface area contributed by atoms with E-state index in [1.807, 2.05) is 27.7 Å². The zero-order valence-electron chi connectivity index (χ0n) is 14.5. The first-order valence-corrected chi connectivity index (χ1v) is 7.49. The normalized spacial score (nSPS) is 17.8. The van der Waals surface area contributed by atoms with E-state index in [0.29, 0.717) is 5.70 Å². The number of rotatable bonds is 7. The van der Waals surface area contributed by atoms with Crippen molar-refractivity contribution in [1.29, 1.82) is 0 Å². The minimum Gasteiger partial charge on any atom is -0.404 e.